The zero-order chi connectivity index (χ0) is 38.2. The van der Waals surface area contributed by atoms with E-state index in [0.29, 0.717) is 23.5 Å². The number of aromatic nitrogens is 1. The lowest BCUT2D eigenvalue weighted by Gasteiger charge is -2.31. The molecule has 3 heterocycles. The Morgan fingerprint density at radius 2 is 1.74 bits per heavy atom. The summed E-state index contributed by atoms with van der Waals surface area (Å²) in [5, 5.41) is 13.8. The van der Waals surface area contributed by atoms with Crippen LogP contribution in [0, 0.1) is 5.92 Å². The maximum atomic E-state index is 16.4. The minimum absolute atomic E-state index is 0.117. The summed E-state index contributed by atoms with van der Waals surface area (Å²) in [5.41, 5.74) is 3.43. The molecule has 3 amide bonds. The fourth-order valence-electron chi connectivity index (χ4n) is 8.43. The summed E-state index contributed by atoms with van der Waals surface area (Å²) in [6, 6.07) is 30.4. The second-order valence-electron chi connectivity index (χ2n) is 14.8. The second kappa shape index (κ2) is 15.3. The first-order valence-corrected chi connectivity index (χ1v) is 22.0. The molecule has 54 heavy (non-hydrogen) atoms. The number of ether oxygens (including phenoxy) is 1. The number of fused-ring (bicyclic) bond motifs is 3. The molecule has 12 heteroatoms. The van der Waals surface area contributed by atoms with E-state index in [2.05, 4.69) is 26.2 Å². The largest absolute Gasteiger partial charge is 0.395 e. The average Bonchev–Trinajstić information content (AvgIpc) is 3.75. The minimum Gasteiger partial charge on any atom is -0.395 e. The van der Waals surface area contributed by atoms with Gasteiger partial charge in [0.1, 0.15) is 0 Å². The molecule has 1 fully saturated rings. The summed E-state index contributed by atoms with van der Waals surface area (Å²) in [7, 11) is -3.52. The number of hydrogen-bond donors (Lipinski definition) is 3. The lowest BCUT2D eigenvalue weighted by Crippen LogP contribution is -2.45. The molecule has 0 aliphatic carbocycles. The smallest absolute Gasteiger partial charge is 0.264 e. The van der Waals surface area contributed by atoms with E-state index in [-0.39, 0.29) is 50.3 Å². The van der Waals surface area contributed by atoms with Gasteiger partial charge in [0.15, 0.2) is 5.60 Å². The summed E-state index contributed by atoms with van der Waals surface area (Å²) in [6.45, 7) is 5.53. The van der Waals surface area contributed by atoms with Gasteiger partial charge in [-0.25, -0.2) is 0 Å². The van der Waals surface area contributed by atoms with Crippen LogP contribution >= 0.6 is 15.9 Å². The number of halogens is 2. The van der Waals surface area contributed by atoms with Crippen molar-refractivity contribution >= 4 is 64.3 Å². The van der Waals surface area contributed by atoms with Gasteiger partial charge in [0.05, 0.1) is 37.8 Å². The SMILES string of the molecule is C[C@@H]1[C@@H]([Si](C)(C)F)[C@H](CC(=O)N(CCO)Cc2ccccc2)O[C@@]12C(=O)N(Cc1ccc(NC(=O)Cc3c[nH]c4ccccc34)cc1)c1ccc(Br)cc12. The number of carbonyl (C=O) groups excluding carboxylic acids is 3. The van der Waals surface area contributed by atoms with Gasteiger partial charge >= 0.3 is 0 Å². The van der Waals surface area contributed by atoms with Crippen LogP contribution in [0.5, 0.6) is 0 Å². The number of benzene rings is 4. The second-order valence-corrected chi connectivity index (χ2v) is 19.5. The molecule has 0 bridgehead atoms. The molecule has 2 aliphatic rings. The van der Waals surface area contributed by atoms with Crippen LogP contribution in [0.15, 0.2) is 108 Å². The Hall–Kier alpha value is -4.62. The first-order chi connectivity index (χ1) is 25.9. The highest BCUT2D eigenvalue weighted by Gasteiger charge is 2.67. The number of nitrogens with one attached hydrogen (secondary N) is 2. The third-order valence-electron chi connectivity index (χ3n) is 10.8. The highest BCUT2D eigenvalue weighted by atomic mass is 79.9. The van der Waals surface area contributed by atoms with Gasteiger partial charge < -0.3 is 34.1 Å². The Morgan fingerprint density at radius 3 is 2.46 bits per heavy atom. The molecule has 1 aromatic heterocycles. The topological polar surface area (TPSA) is 115 Å². The quantitative estimate of drug-likeness (QED) is 0.0878. The predicted molar refractivity (Wildman–Crippen MR) is 214 cm³/mol. The number of rotatable bonds is 12. The lowest BCUT2D eigenvalue weighted by molar-refractivity contribution is -0.150. The molecule has 0 saturated carbocycles. The number of aliphatic hydroxyl groups excluding tert-OH is 1. The Balaban J connectivity index is 1.11. The molecular weight excluding hydrogens is 767 g/mol. The standard InChI is InChI=1S/C42H44BrFN4O5Si/c1-27-40(54(2,3)44)37(23-39(51)47(19-20-49)25-28-9-5-4-6-10-28)53-42(27)34-22-31(43)15-18-36(34)48(41(42)52)26-29-13-16-32(17-14-29)46-38(50)21-30-24-45-35-12-8-7-11-33(30)35/h4-18,22,24,27,37,40,45,49H,19-21,23,25-26H2,1-3H3,(H,46,50)/t27-,37+,40-,42+/m1/s1. The number of carbonyl (C=O) groups is 3. The molecule has 280 valence electrons. The highest BCUT2D eigenvalue weighted by Crippen LogP contribution is 2.60. The molecular formula is C42H44BrFN4O5Si. The average molecular weight is 812 g/mol. The molecule has 1 saturated heterocycles. The Bertz CT molecular complexity index is 2180. The molecule has 4 atom stereocenters. The first-order valence-electron chi connectivity index (χ1n) is 18.2. The highest BCUT2D eigenvalue weighted by molar-refractivity contribution is 9.10. The molecule has 0 radical (unpaired) electrons. The van der Waals surface area contributed by atoms with Crippen molar-refractivity contribution in [1.82, 2.24) is 9.88 Å². The molecule has 4 aromatic carbocycles. The normalized spacial score (nSPS) is 20.8. The lowest BCUT2D eigenvalue weighted by atomic mass is 9.82. The van der Waals surface area contributed by atoms with E-state index < -0.39 is 31.6 Å². The number of aliphatic hydroxyl groups is 1. The van der Waals surface area contributed by atoms with Crippen LogP contribution in [0.1, 0.15) is 35.6 Å². The van der Waals surface area contributed by atoms with Gasteiger partial charge in [0.2, 0.25) is 20.2 Å². The molecule has 1 spiro atoms. The van der Waals surface area contributed by atoms with Crippen molar-refractivity contribution in [3.63, 3.8) is 0 Å². The number of anilines is 2. The molecule has 9 nitrogen and oxygen atoms in total. The van der Waals surface area contributed by atoms with E-state index in [1.54, 1.807) is 22.9 Å². The van der Waals surface area contributed by atoms with E-state index in [0.717, 1.165) is 32.1 Å². The summed E-state index contributed by atoms with van der Waals surface area (Å²) < 4.78 is 24.0. The Morgan fingerprint density at radius 1 is 1.02 bits per heavy atom. The fraction of sp³-hybridized carbons (Fsp3) is 0.310. The van der Waals surface area contributed by atoms with Crippen molar-refractivity contribution in [2.75, 3.05) is 23.4 Å². The number of para-hydroxylation sites is 1. The van der Waals surface area contributed by atoms with Crippen molar-refractivity contribution in [3.05, 3.63) is 130 Å². The molecule has 2 aliphatic heterocycles. The molecule has 0 unspecified atom stereocenters. The van der Waals surface area contributed by atoms with Crippen molar-refractivity contribution in [2.45, 2.75) is 63.2 Å². The Kier molecular flexibility index (Phi) is 10.6. The van der Waals surface area contributed by atoms with Gasteiger partial charge in [-0.3, -0.25) is 14.4 Å². The van der Waals surface area contributed by atoms with Crippen molar-refractivity contribution < 1.29 is 28.3 Å². The van der Waals surface area contributed by atoms with Crippen molar-refractivity contribution in [2.24, 2.45) is 5.92 Å². The number of H-pyrrole nitrogens is 1. The monoisotopic (exact) mass is 810 g/mol. The zero-order valence-electron chi connectivity index (χ0n) is 30.5. The van der Waals surface area contributed by atoms with Gasteiger partial charge in [0, 0.05) is 57.4 Å². The van der Waals surface area contributed by atoms with E-state index in [1.807, 2.05) is 110 Å². The van der Waals surface area contributed by atoms with Crippen LogP contribution in [0.25, 0.3) is 10.9 Å². The summed E-state index contributed by atoms with van der Waals surface area (Å²) in [4.78, 5) is 48.1. The fourth-order valence-corrected chi connectivity index (χ4v) is 11.3. The van der Waals surface area contributed by atoms with Gasteiger partial charge in [-0.1, -0.05) is 83.5 Å². The van der Waals surface area contributed by atoms with Crippen molar-refractivity contribution in [3.8, 4) is 0 Å². The summed E-state index contributed by atoms with van der Waals surface area (Å²) in [5.74, 6) is -1.27. The number of nitrogens with zero attached hydrogens (tertiary/aromatic N) is 2. The van der Waals surface area contributed by atoms with Gasteiger partial charge in [-0.15, -0.1) is 0 Å². The maximum absolute atomic E-state index is 16.4. The number of aromatic amines is 1. The van der Waals surface area contributed by atoms with E-state index >= 15 is 4.11 Å². The predicted octanol–water partition coefficient (Wildman–Crippen LogP) is 7.84. The number of hydrogen-bond acceptors (Lipinski definition) is 5. The minimum atomic E-state index is -3.52. The number of amides is 3. The van der Waals surface area contributed by atoms with Gasteiger partial charge in [-0.2, -0.15) is 0 Å². The summed E-state index contributed by atoms with van der Waals surface area (Å²) in [6.07, 6.45) is 1.11. The third kappa shape index (κ3) is 7.27. The van der Waals surface area contributed by atoms with Crippen LogP contribution in [0.2, 0.25) is 18.6 Å². The van der Waals surface area contributed by atoms with Crippen LogP contribution in [-0.2, 0) is 44.2 Å². The molecule has 3 N–H and O–H groups in total. The van der Waals surface area contributed by atoms with Gasteiger partial charge in [-0.05, 0) is 66.2 Å². The maximum Gasteiger partial charge on any atom is 0.264 e. The van der Waals surface area contributed by atoms with Gasteiger partial charge in [0.25, 0.3) is 5.91 Å². The van der Waals surface area contributed by atoms with Crippen LogP contribution in [0.4, 0.5) is 15.5 Å². The molecule has 7 rings (SSSR count). The first kappa shape index (κ1) is 37.7. The van der Waals surface area contributed by atoms with E-state index in [1.165, 1.54) is 0 Å². The van der Waals surface area contributed by atoms with Crippen LogP contribution in [-0.4, -0.2) is 60.4 Å². The molecule has 5 aromatic rings. The summed E-state index contributed by atoms with van der Waals surface area (Å²) >= 11 is 3.59. The van der Waals surface area contributed by atoms with Crippen molar-refractivity contribution in [1.29, 1.82) is 0 Å². The zero-order valence-corrected chi connectivity index (χ0v) is 33.1. The Labute approximate surface area is 323 Å². The van der Waals surface area contributed by atoms with Crippen LogP contribution < -0.4 is 10.2 Å². The van der Waals surface area contributed by atoms with E-state index in [9.17, 15) is 19.5 Å². The van der Waals surface area contributed by atoms with Crippen LogP contribution in [0.3, 0.4) is 0 Å². The van der Waals surface area contributed by atoms with E-state index in [4.69, 9.17) is 4.74 Å². The third-order valence-corrected chi connectivity index (χ3v) is 13.8.